The van der Waals surface area contributed by atoms with E-state index < -0.39 is 0 Å². The van der Waals surface area contributed by atoms with Gasteiger partial charge in [0.05, 0.1) is 17.4 Å². The standard InChI is InChI=1S/C21H20N4O3S2/c1-3-8-25-20(26)17-13-7-6-12(2)10-15(13)30-19(17)23-21(25)29-11-16-22-18(24-28-16)14-5-4-9-27-14/h3-5,9,12H,1,6-8,10-11H2,2H3. The van der Waals surface area contributed by atoms with Gasteiger partial charge in [0.15, 0.2) is 10.9 Å². The maximum Gasteiger partial charge on any atom is 0.263 e. The van der Waals surface area contributed by atoms with Crippen LogP contribution in [-0.4, -0.2) is 19.7 Å². The zero-order valence-electron chi connectivity index (χ0n) is 16.5. The van der Waals surface area contributed by atoms with Crippen LogP contribution in [0.1, 0.15) is 29.7 Å². The topological polar surface area (TPSA) is 86.9 Å². The Kier molecular flexibility index (Phi) is 5.08. The van der Waals surface area contributed by atoms with Crippen LogP contribution in [0, 0.1) is 5.92 Å². The van der Waals surface area contributed by atoms with Gasteiger partial charge in [-0.2, -0.15) is 4.98 Å². The molecule has 9 heteroatoms. The number of furan rings is 1. The van der Waals surface area contributed by atoms with E-state index >= 15 is 0 Å². The summed E-state index contributed by atoms with van der Waals surface area (Å²) in [5.74, 6) is 2.46. The van der Waals surface area contributed by atoms with Gasteiger partial charge in [-0.05, 0) is 42.9 Å². The highest BCUT2D eigenvalue weighted by Crippen LogP contribution is 2.36. The monoisotopic (exact) mass is 440 g/mol. The first kappa shape index (κ1) is 19.3. The highest BCUT2D eigenvalue weighted by atomic mass is 32.2. The lowest BCUT2D eigenvalue weighted by atomic mass is 9.89. The average Bonchev–Trinajstić information content (AvgIpc) is 3.47. The lowest BCUT2D eigenvalue weighted by Crippen LogP contribution is -2.23. The highest BCUT2D eigenvalue weighted by molar-refractivity contribution is 7.98. The van der Waals surface area contributed by atoms with Gasteiger partial charge in [-0.1, -0.05) is 29.9 Å². The number of rotatable bonds is 6. The van der Waals surface area contributed by atoms with Crippen LogP contribution >= 0.6 is 23.1 Å². The van der Waals surface area contributed by atoms with Crippen molar-refractivity contribution in [2.75, 3.05) is 0 Å². The molecular formula is C21H20N4O3S2. The number of thioether (sulfide) groups is 1. The molecule has 1 aliphatic rings. The van der Waals surface area contributed by atoms with Crippen molar-refractivity contribution in [3.63, 3.8) is 0 Å². The first-order valence-corrected chi connectivity index (χ1v) is 11.6. The molecule has 0 aromatic carbocycles. The summed E-state index contributed by atoms with van der Waals surface area (Å²) < 4.78 is 12.3. The van der Waals surface area contributed by atoms with Gasteiger partial charge in [-0.25, -0.2) is 4.98 Å². The quantitative estimate of drug-likeness (QED) is 0.244. The highest BCUT2D eigenvalue weighted by Gasteiger charge is 2.24. The van der Waals surface area contributed by atoms with Crippen LogP contribution in [0.2, 0.25) is 0 Å². The zero-order valence-corrected chi connectivity index (χ0v) is 18.1. The molecule has 0 aliphatic heterocycles. The lowest BCUT2D eigenvalue weighted by molar-refractivity contribution is 0.390. The van der Waals surface area contributed by atoms with Crippen molar-refractivity contribution in [2.45, 2.75) is 43.6 Å². The van der Waals surface area contributed by atoms with E-state index in [0.29, 0.717) is 40.8 Å². The lowest BCUT2D eigenvalue weighted by Gasteiger charge is -2.17. The summed E-state index contributed by atoms with van der Waals surface area (Å²) in [5, 5.41) is 5.37. The Bertz CT molecular complexity index is 1270. The number of hydrogen-bond donors (Lipinski definition) is 0. The zero-order chi connectivity index (χ0) is 20.7. The van der Waals surface area contributed by atoms with Gasteiger partial charge in [-0.15, -0.1) is 17.9 Å². The Hall–Kier alpha value is -2.65. The van der Waals surface area contributed by atoms with Crippen LogP contribution < -0.4 is 5.56 Å². The maximum absolute atomic E-state index is 13.3. The summed E-state index contributed by atoms with van der Waals surface area (Å²) in [6, 6.07) is 3.55. The van der Waals surface area contributed by atoms with E-state index in [4.69, 9.17) is 13.9 Å². The molecule has 0 saturated carbocycles. The Morgan fingerprint density at radius 1 is 1.43 bits per heavy atom. The molecule has 1 unspecified atom stereocenters. The molecule has 4 aromatic rings. The minimum atomic E-state index is 0.0104. The van der Waals surface area contributed by atoms with Crippen molar-refractivity contribution in [2.24, 2.45) is 5.92 Å². The van der Waals surface area contributed by atoms with Crippen LogP contribution in [0.5, 0.6) is 0 Å². The fourth-order valence-electron chi connectivity index (χ4n) is 3.75. The Labute approximate surface area is 180 Å². The molecule has 154 valence electrons. The van der Waals surface area contributed by atoms with Crippen molar-refractivity contribution in [1.82, 2.24) is 19.7 Å². The number of allylic oxidation sites excluding steroid dienone is 1. The van der Waals surface area contributed by atoms with Crippen LogP contribution in [-0.2, 0) is 25.1 Å². The molecule has 0 saturated heterocycles. The third kappa shape index (κ3) is 3.41. The van der Waals surface area contributed by atoms with Crippen molar-refractivity contribution in [3.05, 3.63) is 57.7 Å². The molecule has 4 heterocycles. The maximum atomic E-state index is 13.3. The first-order valence-electron chi connectivity index (χ1n) is 9.79. The van der Waals surface area contributed by atoms with E-state index in [1.807, 2.05) is 0 Å². The molecule has 30 heavy (non-hydrogen) atoms. The van der Waals surface area contributed by atoms with Gasteiger partial charge < -0.3 is 8.94 Å². The van der Waals surface area contributed by atoms with E-state index in [1.54, 1.807) is 40.4 Å². The second-order valence-electron chi connectivity index (χ2n) is 7.41. The third-order valence-electron chi connectivity index (χ3n) is 5.23. The molecule has 4 aromatic heterocycles. The van der Waals surface area contributed by atoms with Crippen LogP contribution in [0.4, 0.5) is 0 Å². The molecule has 0 bridgehead atoms. The molecule has 0 fully saturated rings. The van der Waals surface area contributed by atoms with Crippen LogP contribution in [0.25, 0.3) is 21.8 Å². The smallest absolute Gasteiger partial charge is 0.263 e. The second kappa shape index (κ2) is 7.88. The van der Waals surface area contributed by atoms with E-state index in [9.17, 15) is 4.79 Å². The number of thiophene rings is 1. The number of nitrogens with zero attached hydrogens (tertiary/aromatic N) is 4. The summed E-state index contributed by atoms with van der Waals surface area (Å²) in [5.41, 5.74) is 1.20. The van der Waals surface area contributed by atoms with E-state index in [-0.39, 0.29) is 5.56 Å². The molecule has 1 atom stereocenters. The molecule has 0 radical (unpaired) electrons. The fourth-order valence-corrected chi connectivity index (χ4v) is 6.02. The minimum absolute atomic E-state index is 0.0104. The third-order valence-corrected chi connectivity index (χ3v) is 7.34. The Balaban J connectivity index is 1.48. The van der Waals surface area contributed by atoms with Gasteiger partial charge in [0.1, 0.15) is 4.83 Å². The number of fused-ring (bicyclic) bond motifs is 3. The van der Waals surface area contributed by atoms with Gasteiger partial charge in [-0.3, -0.25) is 9.36 Å². The number of aryl methyl sites for hydroxylation is 1. The molecular weight excluding hydrogens is 420 g/mol. The summed E-state index contributed by atoms with van der Waals surface area (Å²) in [6.45, 7) is 6.48. The van der Waals surface area contributed by atoms with Gasteiger partial charge in [0.25, 0.3) is 5.56 Å². The molecule has 0 N–H and O–H groups in total. The normalized spacial score (nSPS) is 16.1. The molecule has 0 amide bonds. The van der Waals surface area contributed by atoms with Gasteiger partial charge >= 0.3 is 0 Å². The molecule has 5 rings (SSSR count). The number of aromatic nitrogens is 4. The second-order valence-corrected chi connectivity index (χ2v) is 9.43. The Morgan fingerprint density at radius 2 is 2.33 bits per heavy atom. The molecule has 7 nitrogen and oxygen atoms in total. The van der Waals surface area contributed by atoms with Gasteiger partial charge in [0.2, 0.25) is 11.7 Å². The minimum Gasteiger partial charge on any atom is -0.461 e. The van der Waals surface area contributed by atoms with Crippen LogP contribution in [0.15, 0.2) is 49.9 Å². The predicted molar refractivity (Wildman–Crippen MR) is 117 cm³/mol. The van der Waals surface area contributed by atoms with E-state index in [1.165, 1.54) is 22.2 Å². The van der Waals surface area contributed by atoms with Crippen molar-refractivity contribution in [1.29, 1.82) is 0 Å². The van der Waals surface area contributed by atoms with Crippen molar-refractivity contribution in [3.8, 4) is 11.6 Å². The Morgan fingerprint density at radius 3 is 3.13 bits per heavy atom. The number of hydrogen-bond acceptors (Lipinski definition) is 8. The molecule has 1 aliphatic carbocycles. The summed E-state index contributed by atoms with van der Waals surface area (Å²) in [4.78, 5) is 24.7. The summed E-state index contributed by atoms with van der Waals surface area (Å²) >= 11 is 3.07. The summed E-state index contributed by atoms with van der Waals surface area (Å²) in [6.07, 6.45) is 6.38. The van der Waals surface area contributed by atoms with Crippen LogP contribution in [0.3, 0.4) is 0 Å². The van der Waals surface area contributed by atoms with Crippen molar-refractivity contribution >= 4 is 33.3 Å². The average molecular weight is 441 g/mol. The van der Waals surface area contributed by atoms with E-state index in [2.05, 4.69) is 23.6 Å². The first-order chi connectivity index (χ1) is 14.6. The van der Waals surface area contributed by atoms with E-state index in [0.717, 1.165) is 29.5 Å². The largest absolute Gasteiger partial charge is 0.461 e. The predicted octanol–water partition coefficient (Wildman–Crippen LogP) is 4.70. The molecule has 0 spiro atoms. The SMILES string of the molecule is C=CCn1c(SCc2nc(-c3ccco3)no2)nc2sc3c(c2c1=O)CCC(C)C3. The van der Waals surface area contributed by atoms with Crippen molar-refractivity contribution < 1.29 is 8.94 Å². The summed E-state index contributed by atoms with van der Waals surface area (Å²) in [7, 11) is 0. The van der Waals surface area contributed by atoms with Gasteiger partial charge in [0, 0.05) is 11.4 Å². The fraction of sp³-hybridized carbons (Fsp3) is 0.333.